The van der Waals surface area contributed by atoms with Crippen molar-refractivity contribution in [2.24, 2.45) is 5.92 Å². The Morgan fingerprint density at radius 3 is 1.63 bits per heavy atom. The summed E-state index contributed by atoms with van der Waals surface area (Å²) >= 11 is 0. The molecule has 0 heterocycles. The topological polar surface area (TPSA) is 83.5 Å². The molecule has 35 heavy (non-hydrogen) atoms. The summed E-state index contributed by atoms with van der Waals surface area (Å²) in [6, 6.07) is 7.05. The molecule has 0 spiro atoms. The zero-order chi connectivity index (χ0) is 27.2. The van der Waals surface area contributed by atoms with E-state index in [0.29, 0.717) is 11.1 Å². The fourth-order valence-electron chi connectivity index (χ4n) is 3.05. The van der Waals surface area contributed by atoms with E-state index in [0.717, 1.165) is 26.0 Å². The van der Waals surface area contributed by atoms with E-state index in [-0.39, 0.29) is 10.5 Å². The van der Waals surface area contributed by atoms with Gasteiger partial charge in [-0.25, -0.2) is 12.8 Å². The van der Waals surface area contributed by atoms with E-state index < -0.39 is 46.2 Å². The summed E-state index contributed by atoms with van der Waals surface area (Å²) in [5.41, 5.74) is -1.07. The van der Waals surface area contributed by atoms with E-state index in [4.69, 9.17) is 0 Å². The van der Waals surface area contributed by atoms with Crippen LogP contribution in [0.2, 0.25) is 0 Å². The van der Waals surface area contributed by atoms with Gasteiger partial charge in [-0.15, -0.1) is 0 Å². The van der Waals surface area contributed by atoms with Gasteiger partial charge in [0.2, 0.25) is 0 Å². The molecule has 0 aliphatic heterocycles. The number of carbonyl (C=O) groups is 1. The molecule has 0 aromatic heterocycles. The number of halogens is 4. The van der Waals surface area contributed by atoms with Gasteiger partial charge in [0, 0.05) is 12.7 Å². The van der Waals surface area contributed by atoms with Gasteiger partial charge in [-0.1, -0.05) is 57.2 Å². The third kappa shape index (κ3) is 10.8. The van der Waals surface area contributed by atoms with Crippen molar-refractivity contribution < 1.29 is 35.9 Å². The number of hydrogen-bond acceptors (Lipinski definition) is 4. The first kappa shape index (κ1) is 30.6. The quantitative estimate of drug-likeness (QED) is 0.406. The maximum atomic E-state index is 13.9. The molecule has 0 radical (unpaired) electrons. The monoisotopic (exact) mass is 519 g/mol. The second-order valence-corrected chi connectivity index (χ2v) is 11.6. The smallest absolute Gasteiger partial charge is 0.407 e. The Kier molecular flexibility index (Phi) is 10.5. The van der Waals surface area contributed by atoms with Gasteiger partial charge in [-0.05, 0) is 48.6 Å². The van der Waals surface area contributed by atoms with E-state index in [2.05, 4.69) is 20.8 Å². The normalized spacial score (nSPS) is 14.1. The molecule has 0 saturated carbocycles. The maximum Gasteiger partial charge on any atom is 0.407 e. The number of aliphatic carboxylic acids is 1. The van der Waals surface area contributed by atoms with Crippen LogP contribution in [0.15, 0.2) is 53.4 Å². The zero-order valence-electron chi connectivity index (χ0n) is 20.7. The van der Waals surface area contributed by atoms with E-state index in [1.54, 1.807) is 0 Å². The first-order valence-corrected chi connectivity index (χ1v) is 12.9. The largest absolute Gasteiger partial charge is 0.480 e. The average Bonchev–Trinajstić information content (AvgIpc) is 2.68. The van der Waals surface area contributed by atoms with Crippen molar-refractivity contribution in [3.05, 3.63) is 54.1 Å². The van der Waals surface area contributed by atoms with Crippen LogP contribution in [0, 0.1) is 5.92 Å². The second-order valence-electron chi connectivity index (χ2n) is 9.61. The predicted octanol–water partition coefficient (Wildman–Crippen LogP) is 6.20. The molecule has 2 N–H and O–H groups in total. The van der Waals surface area contributed by atoms with Crippen molar-refractivity contribution in [1.82, 2.24) is 5.32 Å². The van der Waals surface area contributed by atoms with E-state index in [1.165, 1.54) is 48.5 Å². The molecule has 0 fully saturated rings. The molecule has 0 aliphatic rings. The standard InChI is InChI=1S/C21H23F4NO4S.C4H10/c1-20(2,22)12-17(19(27)28)26-18(21(23,24)25)15-6-4-13(5-7-15)14-8-10-16(11-9-14)31(3,29)30;1-4(2)3/h4-11,17-18,26H,12H2,1-3H3,(H,27,28);4H,1-3H3. The van der Waals surface area contributed by atoms with E-state index in [9.17, 15) is 35.9 Å². The predicted molar refractivity (Wildman–Crippen MR) is 129 cm³/mol. The van der Waals surface area contributed by atoms with Crippen LogP contribution in [0.25, 0.3) is 11.1 Å². The molecule has 2 unspecified atom stereocenters. The molecule has 2 atom stereocenters. The number of carboxylic acid groups (broad SMARTS) is 1. The van der Waals surface area contributed by atoms with Crippen LogP contribution in [0.5, 0.6) is 0 Å². The first-order valence-electron chi connectivity index (χ1n) is 11.0. The molecule has 5 nitrogen and oxygen atoms in total. The second kappa shape index (κ2) is 12.0. The lowest BCUT2D eigenvalue weighted by atomic mass is 9.97. The summed E-state index contributed by atoms with van der Waals surface area (Å²) in [6.07, 6.45) is -4.39. The lowest BCUT2D eigenvalue weighted by Crippen LogP contribution is -2.47. The highest BCUT2D eigenvalue weighted by molar-refractivity contribution is 7.90. The van der Waals surface area contributed by atoms with Crippen LogP contribution in [0.4, 0.5) is 17.6 Å². The SMILES string of the molecule is CC(C)(F)CC(NC(c1ccc(-c2ccc(S(C)(=O)=O)cc2)cc1)C(F)(F)F)C(=O)O.CC(C)C. The zero-order valence-corrected chi connectivity index (χ0v) is 21.5. The number of alkyl halides is 4. The molecule has 0 bridgehead atoms. The van der Waals surface area contributed by atoms with Crippen molar-refractivity contribution in [1.29, 1.82) is 0 Å². The minimum atomic E-state index is -4.81. The van der Waals surface area contributed by atoms with Gasteiger partial charge < -0.3 is 5.11 Å². The van der Waals surface area contributed by atoms with Crippen molar-refractivity contribution in [2.45, 2.75) is 69.9 Å². The summed E-state index contributed by atoms with van der Waals surface area (Å²) in [6.45, 7) is 8.69. The fourth-order valence-corrected chi connectivity index (χ4v) is 3.68. The third-order valence-corrected chi connectivity index (χ3v) is 5.67. The molecule has 0 amide bonds. The summed E-state index contributed by atoms with van der Waals surface area (Å²) in [7, 11) is -3.38. The highest BCUT2D eigenvalue weighted by atomic mass is 32.2. The summed E-state index contributed by atoms with van der Waals surface area (Å²) in [5, 5.41) is 11.2. The Labute approximate surface area is 204 Å². The molecule has 2 rings (SSSR count). The third-order valence-electron chi connectivity index (χ3n) is 4.54. The van der Waals surface area contributed by atoms with Crippen LogP contribution in [0.3, 0.4) is 0 Å². The molecule has 196 valence electrons. The Morgan fingerprint density at radius 1 is 0.914 bits per heavy atom. The van der Waals surface area contributed by atoms with Gasteiger partial charge in [-0.3, -0.25) is 10.1 Å². The molecular weight excluding hydrogens is 486 g/mol. The van der Waals surface area contributed by atoms with E-state index >= 15 is 0 Å². The van der Waals surface area contributed by atoms with Crippen molar-refractivity contribution in [2.75, 3.05) is 6.26 Å². The minimum absolute atomic E-state index is 0.115. The summed E-state index contributed by atoms with van der Waals surface area (Å²) < 4.78 is 77.9. The maximum absolute atomic E-state index is 13.9. The van der Waals surface area contributed by atoms with Gasteiger partial charge in [0.1, 0.15) is 17.8 Å². The minimum Gasteiger partial charge on any atom is -0.480 e. The highest BCUT2D eigenvalue weighted by Crippen LogP contribution is 2.35. The van der Waals surface area contributed by atoms with Gasteiger partial charge in [0.25, 0.3) is 0 Å². The first-order chi connectivity index (χ1) is 15.8. The highest BCUT2D eigenvalue weighted by Gasteiger charge is 2.43. The molecule has 2 aromatic rings. The summed E-state index contributed by atoms with van der Waals surface area (Å²) in [5.74, 6) is -0.748. The number of hydrogen-bond donors (Lipinski definition) is 2. The fraction of sp³-hybridized carbons (Fsp3) is 0.480. The van der Waals surface area contributed by atoms with Crippen LogP contribution in [-0.2, 0) is 14.6 Å². The number of rotatable bonds is 8. The van der Waals surface area contributed by atoms with Crippen molar-refractivity contribution >= 4 is 15.8 Å². The van der Waals surface area contributed by atoms with Crippen LogP contribution < -0.4 is 5.32 Å². The Hall–Kier alpha value is -2.46. The molecule has 0 saturated heterocycles. The summed E-state index contributed by atoms with van der Waals surface area (Å²) in [4.78, 5) is 11.5. The van der Waals surface area contributed by atoms with Gasteiger partial charge in [0.05, 0.1) is 4.90 Å². The molecule has 0 aliphatic carbocycles. The number of carboxylic acids is 1. The van der Waals surface area contributed by atoms with Crippen LogP contribution in [-0.4, -0.2) is 43.6 Å². The van der Waals surface area contributed by atoms with Gasteiger partial charge in [-0.2, -0.15) is 13.2 Å². The number of sulfone groups is 1. The van der Waals surface area contributed by atoms with Gasteiger partial charge >= 0.3 is 12.1 Å². The number of nitrogens with one attached hydrogen (secondary N) is 1. The van der Waals surface area contributed by atoms with Gasteiger partial charge in [0.15, 0.2) is 9.84 Å². The average molecular weight is 520 g/mol. The molecule has 10 heteroatoms. The number of benzene rings is 2. The Bertz CT molecular complexity index is 1060. The Balaban J connectivity index is 0.00000142. The molecular formula is C25H33F4NO4S. The molecule has 2 aromatic carbocycles. The van der Waals surface area contributed by atoms with Crippen LogP contribution >= 0.6 is 0 Å². The van der Waals surface area contributed by atoms with Crippen molar-refractivity contribution in [3.63, 3.8) is 0 Å². The van der Waals surface area contributed by atoms with Crippen LogP contribution in [0.1, 0.15) is 52.6 Å². The lowest BCUT2D eigenvalue weighted by Gasteiger charge is -2.28. The Morgan fingerprint density at radius 2 is 1.31 bits per heavy atom. The van der Waals surface area contributed by atoms with Crippen molar-refractivity contribution in [3.8, 4) is 11.1 Å². The van der Waals surface area contributed by atoms with E-state index in [1.807, 2.05) is 5.32 Å². The lowest BCUT2D eigenvalue weighted by molar-refractivity contribution is -0.164.